The van der Waals surface area contributed by atoms with Gasteiger partial charge in [0.2, 0.25) is 5.91 Å². The minimum atomic E-state index is 0.344. The van der Waals surface area contributed by atoms with Crippen molar-refractivity contribution in [2.75, 3.05) is 0 Å². The van der Waals surface area contributed by atoms with E-state index in [0.29, 0.717) is 24.4 Å². The lowest BCUT2D eigenvalue weighted by Crippen LogP contribution is -2.45. The fourth-order valence-electron chi connectivity index (χ4n) is 3.94. The average Bonchev–Trinajstić information content (AvgIpc) is 3.15. The molecule has 0 unspecified atom stereocenters. The third kappa shape index (κ3) is 3.68. The molecule has 2 aliphatic carbocycles. The smallest absolute Gasteiger partial charge is 0.227 e. The number of hydrogen-bond donors (Lipinski definition) is 0. The molecular weight excluding hydrogens is 326 g/mol. The summed E-state index contributed by atoms with van der Waals surface area (Å²) in [4.78, 5) is 15.2. The molecule has 114 valence electrons. The Kier molecular flexibility index (Phi) is 4.99. The summed E-state index contributed by atoms with van der Waals surface area (Å²) >= 11 is 3.45. The summed E-state index contributed by atoms with van der Waals surface area (Å²) in [6, 6.07) is 9.19. The van der Waals surface area contributed by atoms with Gasteiger partial charge in [0.1, 0.15) is 0 Å². The molecule has 1 aromatic rings. The molecular formula is C18H24BrNO. The zero-order valence-electron chi connectivity index (χ0n) is 12.6. The van der Waals surface area contributed by atoms with Gasteiger partial charge in [-0.15, -0.1) is 0 Å². The van der Waals surface area contributed by atoms with Gasteiger partial charge in [-0.05, 0) is 43.4 Å². The summed E-state index contributed by atoms with van der Waals surface area (Å²) in [6.45, 7) is 0. The molecule has 3 heteroatoms. The molecule has 1 amide bonds. The Bertz CT molecular complexity index is 456. The molecule has 2 saturated carbocycles. The molecule has 0 aromatic heterocycles. The predicted octanol–water partition coefficient (Wildman–Crippen LogP) is 4.71. The van der Waals surface area contributed by atoms with Crippen LogP contribution < -0.4 is 0 Å². The van der Waals surface area contributed by atoms with Gasteiger partial charge in [-0.2, -0.15) is 0 Å². The van der Waals surface area contributed by atoms with Crippen LogP contribution in [0, 0.1) is 0 Å². The molecule has 0 N–H and O–H groups in total. The first-order valence-corrected chi connectivity index (χ1v) is 9.09. The predicted molar refractivity (Wildman–Crippen MR) is 89.2 cm³/mol. The third-order valence-electron chi connectivity index (χ3n) is 4.99. The first-order chi connectivity index (χ1) is 10.2. The zero-order chi connectivity index (χ0) is 14.7. The van der Waals surface area contributed by atoms with Crippen LogP contribution in [0.15, 0.2) is 28.7 Å². The number of benzene rings is 1. The van der Waals surface area contributed by atoms with Gasteiger partial charge in [0, 0.05) is 16.6 Å². The quantitative estimate of drug-likeness (QED) is 0.770. The minimum Gasteiger partial charge on any atom is -0.336 e. The van der Waals surface area contributed by atoms with Crippen molar-refractivity contribution in [1.29, 1.82) is 0 Å². The Labute approximate surface area is 136 Å². The summed E-state index contributed by atoms with van der Waals surface area (Å²) in [6.07, 6.45) is 10.6. The van der Waals surface area contributed by atoms with Gasteiger partial charge >= 0.3 is 0 Å². The van der Waals surface area contributed by atoms with Gasteiger partial charge in [-0.1, -0.05) is 53.7 Å². The molecule has 0 atom stereocenters. The largest absolute Gasteiger partial charge is 0.336 e. The summed E-state index contributed by atoms with van der Waals surface area (Å²) in [7, 11) is 0. The second kappa shape index (κ2) is 6.95. The lowest BCUT2D eigenvalue weighted by atomic mass is 10.1. The van der Waals surface area contributed by atoms with Crippen molar-refractivity contribution in [3.05, 3.63) is 34.3 Å². The van der Waals surface area contributed by atoms with Crippen molar-refractivity contribution in [3.63, 3.8) is 0 Å². The summed E-state index contributed by atoms with van der Waals surface area (Å²) in [5, 5.41) is 0. The van der Waals surface area contributed by atoms with Crippen LogP contribution in [0.25, 0.3) is 0 Å². The maximum absolute atomic E-state index is 12.9. The standard InChI is InChI=1S/C18H24BrNO/c19-15-11-9-14(10-12-15)13-18(21)20(16-5-1-2-6-16)17-7-3-4-8-17/h9-12,16-17H,1-8,13H2. The van der Waals surface area contributed by atoms with Gasteiger partial charge < -0.3 is 4.90 Å². The van der Waals surface area contributed by atoms with E-state index >= 15 is 0 Å². The highest BCUT2D eigenvalue weighted by atomic mass is 79.9. The normalized spacial score (nSPS) is 20.0. The summed E-state index contributed by atoms with van der Waals surface area (Å²) < 4.78 is 1.07. The van der Waals surface area contributed by atoms with Gasteiger partial charge in [-0.3, -0.25) is 4.79 Å². The van der Waals surface area contributed by atoms with Gasteiger partial charge in [-0.25, -0.2) is 0 Å². The van der Waals surface area contributed by atoms with Crippen LogP contribution in [0.5, 0.6) is 0 Å². The Morgan fingerprint density at radius 1 is 0.952 bits per heavy atom. The number of carbonyl (C=O) groups excluding carboxylic acids is 1. The lowest BCUT2D eigenvalue weighted by molar-refractivity contribution is -0.135. The molecule has 2 aliphatic rings. The van der Waals surface area contributed by atoms with Crippen LogP contribution in [-0.2, 0) is 11.2 Å². The Hall–Kier alpha value is -0.830. The molecule has 3 rings (SSSR count). The second-order valence-electron chi connectivity index (χ2n) is 6.48. The van der Waals surface area contributed by atoms with Crippen LogP contribution in [-0.4, -0.2) is 22.9 Å². The van der Waals surface area contributed by atoms with E-state index in [1.165, 1.54) is 51.4 Å². The minimum absolute atomic E-state index is 0.344. The van der Waals surface area contributed by atoms with Crippen LogP contribution in [0.4, 0.5) is 0 Å². The van der Waals surface area contributed by atoms with Crippen molar-refractivity contribution in [1.82, 2.24) is 4.90 Å². The molecule has 2 nitrogen and oxygen atoms in total. The number of hydrogen-bond acceptors (Lipinski definition) is 1. The Morgan fingerprint density at radius 2 is 1.43 bits per heavy atom. The molecule has 0 radical (unpaired) electrons. The highest BCUT2D eigenvalue weighted by Crippen LogP contribution is 2.32. The number of carbonyl (C=O) groups is 1. The Morgan fingerprint density at radius 3 is 1.90 bits per heavy atom. The maximum Gasteiger partial charge on any atom is 0.227 e. The maximum atomic E-state index is 12.9. The first kappa shape index (κ1) is 15.1. The van der Waals surface area contributed by atoms with Crippen molar-refractivity contribution in [2.45, 2.75) is 69.9 Å². The van der Waals surface area contributed by atoms with E-state index in [4.69, 9.17) is 0 Å². The molecule has 2 fully saturated rings. The van der Waals surface area contributed by atoms with Crippen molar-refractivity contribution >= 4 is 21.8 Å². The van der Waals surface area contributed by atoms with E-state index in [2.05, 4.69) is 33.0 Å². The number of nitrogens with zero attached hydrogens (tertiary/aromatic N) is 1. The zero-order valence-corrected chi connectivity index (χ0v) is 14.1. The van der Waals surface area contributed by atoms with Gasteiger partial charge in [0.05, 0.1) is 6.42 Å². The number of halogens is 1. The molecule has 21 heavy (non-hydrogen) atoms. The van der Waals surface area contributed by atoms with Crippen molar-refractivity contribution in [2.24, 2.45) is 0 Å². The highest BCUT2D eigenvalue weighted by molar-refractivity contribution is 9.10. The van der Waals surface area contributed by atoms with E-state index in [0.717, 1.165) is 10.0 Å². The van der Waals surface area contributed by atoms with Crippen LogP contribution in [0.1, 0.15) is 56.9 Å². The molecule has 0 aliphatic heterocycles. The second-order valence-corrected chi connectivity index (χ2v) is 7.40. The highest BCUT2D eigenvalue weighted by Gasteiger charge is 2.33. The van der Waals surface area contributed by atoms with E-state index in [-0.39, 0.29) is 0 Å². The average molecular weight is 350 g/mol. The molecule has 1 aromatic carbocycles. The number of amides is 1. The summed E-state index contributed by atoms with van der Waals surface area (Å²) in [5.74, 6) is 0.344. The fourth-order valence-corrected chi connectivity index (χ4v) is 4.20. The van der Waals surface area contributed by atoms with Gasteiger partial charge in [0.15, 0.2) is 0 Å². The van der Waals surface area contributed by atoms with Crippen LogP contribution >= 0.6 is 15.9 Å². The van der Waals surface area contributed by atoms with E-state index < -0.39 is 0 Å². The lowest BCUT2D eigenvalue weighted by Gasteiger charge is -2.35. The topological polar surface area (TPSA) is 20.3 Å². The van der Waals surface area contributed by atoms with Crippen molar-refractivity contribution in [3.8, 4) is 0 Å². The van der Waals surface area contributed by atoms with E-state index in [1.807, 2.05) is 12.1 Å². The monoisotopic (exact) mass is 349 g/mol. The molecule has 0 heterocycles. The first-order valence-electron chi connectivity index (χ1n) is 8.29. The van der Waals surface area contributed by atoms with Crippen molar-refractivity contribution < 1.29 is 4.79 Å². The van der Waals surface area contributed by atoms with E-state index in [1.54, 1.807) is 0 Å². The third-order valence-corrected chi connectivity index (χ3v) is 5.52. The van der Waals surface area contributed by atoms with Gasteiger partial charge in [0.25, 0.3) is 0 Å². The van der Waals surface area contributed by atoms with Crippen LogP contribution in [0.3, 0.4) is 0 Å². The molecule has 0 saturated heterocycles. The molecule has 0 bridgehead atoms. The van der Waals surface area contributed by atoms with Crippen LogP contribution in [0.2, 0.25) is 0 Å². The SMILES string of the molecule is O=C(Cc1ccc(Br)cc1)N(C1CCCC1)C1CCCC1. The summed E-state index contributed by atoms with van der Waals surface area (Å²) in [5.41, 5.74) is 1.13. The Balaban J connectivity index is 1.71. The molecule has 0 spiro atoms. The number of rotatable bonds is 4. The fraction of sp³-hybridized carbons (Fsp3) is 0.611. The van der Waals surface area contributed by atoms with E-state index in [9.17, 15) is 4.79 Å².